The van der Waals surface area contributed by atoms with Gasteiger partial charge in [-0.25, -0.2) is 0 Å². The first-order valence-corrected chi connectivity index (χ1v) is 19.0. The molecule has 1 aromatic heterocycles. The van der Waals surface area contributed by atoms with Gasteiger partial charge in [0.25, 0.3) is 11.9 Å². The second-order valence-electron chi connectivity index (χ2n) is 14.1. The fraction of sp³-hybridized carbons (Fsp3) is 0.486. The Hall–Kier alpha value is -6.51. The van der Waals surface area contributed by atoms with E-state index in [1.165, 1.54) is 26.0 Å². The van der Waals surface area contributed by atoms with Gasteiger partial charge in [-0.15, -0.1) is 0 Å². The van der Waals surface area contributed by atoms with Gasteiger partial charge in [0.05, 0.1) is 38.9 Å². The van der Waals surface area contributed by atoms with Gasteiger partial charge in [-0.05, 0) is 50.3 Å². The number of primary amides is 1. The lowest BCUT2D eigenvalue weighted by molar-refractivity contribution is -0.134. The fourth-order valence-corrected chi connectivity index (χ4v) is 5.20. The molecule has 22 nitrogen and oxygen atoms in total. The Morgan fingerprint density at radius 3 is 1.65 bits per heavy atom. The number of nitrogens with one attached hydrogen (secondary N) is 8. The number of aliphatic hydroxyl groups excluding tert-OH is 3. The Kier molecular flexibility index (Phi) is 21.2. The van der Waals surface area contributed by atoms with Crippen LogP contribution in [0.1, 0.15) is 39.7 Å². The molecule has 2 aromatic rings. The largest absolute Gasteiger partial charge is 0.451 e. The SMILES string of the molecule is CC(C)C[C@H](NC(=O)C(C)NC(=O)C(CO)NC(=O)CNC(=O)CNC(=O)CNC(=O)C(CO)NC(=O)[C@@H](Cc1ccc(Oc2c(F)c(F)nc(F)c2F)cc1)NC(C)O)C(N)=O. The van der Waals surface area contributed by atoms with Crippen molar-refractivity contribution in [1.82, 2.24) is 47.5 Å². The van der Waals surface area contributed by atoms with Crippen LogP contribution >= 0.6 is 0 Å². The molecule has 4 unspecified atom stereocenters. The predicted molar refractivity (Wildman–Crippen MR) is 208 cm³/mol. The maximum Gasteiger partial charge on any atom is 0.255 e. The molecular weight excluding hydrogens is 852 g/mol. The molecule has 13 N–H and O–H groups in total. The first kappa shape index (κ1) is 52.6. The van der Waals surface area contributed by atoms with E-state index in [4.69, 9.17) is 10.5 Å². The number of rotatable bonds is 25. The summed E-state index contributed by atoms with van der Waals surface area (Å²) >= 11 is 0. The number of carbonyl (C=O) groups is 8. The Labute approximate surface area is 356 Å². The molecule has 0 bridgehead atoms. The second-order valence-corrected chi connectivity index (χ2v) is 14.1. The molecule has 0 aliphatic heterocycles. The maximum absolute atomic E-state index is 14.0. The normalized spacial score (nSPS) is 13.8. The number of ether oxygens (including phenoxy) is 1. The van der Waals surface area contributed by atoms with Gasteiger partial charge in [0.2, 0.25) is 64.6 Å². The van der Waals surface area contributed by atoms with Gasteiger partial charge in [-0.1, -0.05) is 26.0 Å². The average molecular weight is 903 g/mol. The molecule has 0 radical (unpaired) electrons. The predicted octanol–water partition coefficient (Wildman–Crippen LogP) is -3.91. The Morgan fingerprint density at radius 1 is 0.651 bits per heavy atom. The van der Waals surface area contributed by atoms with Crippen molar-refractivity contribution in [2.45, 2.75) is 77.0 Å². The zero-order valence-corrected chi connectivity index (χ0v) is 34.4. The Balaban J connectivity index is 1.83. The van der Waals surface area contributed by atoms with Crippen molar-refractivity contribution in [3.05, 3.63) is 53.4 Å². The van der Waals surface area contributed by atoms with E-state index in [9.17, 15) is 71.2 Å². The third kappa shape index (κ3) is 17.8. The number of nitrogens with zero attached hydrogens (tertiary/aromatic N) is 1. The molecule has 348 valence electrons. The summed E-state index contributed by atoms with van der Waals surface area (Å²) in [5.41, 5.74) is 5.66. The number of benzene rings is 1. The summed E-state index contributed by atoms with van der Waals surface area (Å²) in [4.78, 5) is 102. The summed E-state index contributed by atoms with van der Waals surface area (Å²) in [6.07, 6.45) is -1.22. The average Bonchev–Trinajstić information content (AvgIpc) is 3.22. The molecule has 26 heteroatoms. The highest BCUT2D eigenvalue weighted by Crippen LogP contribution is 2.29. The van der Waals surface area contributed by atoms with E-state index in [0.29, 0.717) is 5.56 Å². The highest BCUT2D eigenvalue weighted by molar-refractivity contribution is 5.95. The third-order valence-electron chi connectivity index (χ3n) is 8.38. The molecule has 0 fully saturated rings. The first-order valence-electron chi connectivity index (χ1n) is 19.0. The van der Waals surface area contributed by atoms with Crippen LogP contribution in [0.2, 0.25) is 0 Å². The van der Waals surface area contributed by atoms with Crippen LogP contribution in [0.4, 0.5) is 17.6 Å². The van der Waals surface area contributed by atoms with Gasteiger partial charge in [0.1, 0.15) is 36.1 Å². The van der Waals surface area contributed by atoms with E-state index in [0.717, 1.165) is 12.1 Å². The summed E-state index contributed by atoms with van der Waals surface area (Å²) in [5.74, 6) is -16.5. The zero-order valence-electron chi connectivity index (χ0n) is 34.4. The fourth-order valence-electron chi connectivity index (χ4n) is 5.20. The summed E-state index contributed by atoms with van der Waals surface area (Å²) < 4.78 is 59.7. The molecule has 2 rings (SSSR count). The van der Waals surface area contributed by atoms with Gasteiger partial charge < -0.3 is 63.0 Å². The molecule has 0 saturated carbocycles. The van der Waals surface area contributed by atoms with Crippen LogP contribution in [0.5, 0.6) is 11.5 Å². The van der Waals surface area contributed by atoms with Crippen molar-refractivity contribution < 1.29 is 76.0 Å². The van der Waals surface area contributed by atoms with Crippen LogP contribution < -0.4 is 53.0 Å². The maximum atomic E-state index is 14.0. The number of hydrogen-bond donors (Lipinski definition) is 12. The van der Waals surface area contributed by atoms with E-state index in [-0.39, 0.29) is 24.5 Å². The van der Waals surface area contributed by atoms with Crippen molar-refractivity contribution in [3.8, 4) is 11.5 Å². The number of aromatic nitrogens is 1. The van der Waals surface area contributed by atoms with Gasteiger partial charge in [0.15, 0.2) is 0 Å². The lowest BCUT2D eigenvalue weighted by Crippen LogP contribution is -2.57. The quantitative estimate of drug-likeness (QED) is 0.0258. The number of carbonyl (C=O) groups excluding carboxylic acids is 8. The smallest absolute Gasteiger partial charge is 0.255 e. The van der Waals surface area contributed by atoms with E-state index in [2.05, 4.69) is 47.5 Å². The molecule has 0 saturated heterocycles. The van der Waals surface area contributed by atoms with Crippen LogP contribution in [0.3, 0.4) is 0 Å². The van der Waals surface area contributed by atoms with Crippen LogP contribution in [-0.2, 0) is 44.8 Å². The molecule has 0 aliphatic carbocycles. The first-order chi connectivity index (χ1) is 29.6. The molecule has 0 aliphatic rings. The molecular formula is C37H50F4N10O12. The summed E-state index contributed by atoms with van der Waals surface area (Å²) in [7, 11) is 0. The summed E-state index contributed by atoms with van der Waals surface area (Å²) in [6, 6.07) is -1.71. The number of aliphatic hydroxyl groups is 3. The van der Waals surface area contributed by atoms with Crippen LogP contribution in [0.15, 0.2) is 24.3 Å². The van der Waals surface area contributed by atoms with Crippen molar-refractivity contribution in [2.75, 3.05) is 32.8 Å². The van der Waals surface area contributed by atoms with Gasteiger partial charge >= 0.3 is 0 Å². The molecule has 1 aromatic carbocycles. The van der Waals surface area contributed by atoms with Gasteiger partial charge in [-0.3, -0.25) is 43.7 Å². The zero-order chi connectivity index (χ0) is 47.6. The lowest BCUT2D eigenvalue weighted by Gasteiger charge is -2.23. The van der Waals surface area contributed by atoms with Crippen LogP contribution in [0.25, 0.3) is 0 Å². The van der Waals surface area contributed by atoms with Gasteiger partial charge in [0, 0.05) is 0 Å². The van der Waals surface area contributed by atoms with Crippen LogP contribution in [-0.4, -0.2) is 137 Å². The molecule has 8 amide bonds. The van der Waals surface area contributed by atoms with Crippen molar-refractivity contribution >= 4 is 47.3 Å². The number of pyridine rings is 1. The van der Waals surface area contributed by atoms with Crippen LogP contribution in [0, 0.1) is 29.4 Å². The van der Waals surface area contributed by atoms with E-state index in [1.54, 1.807) is 13.8 Å². The highest BCUT2D eigenvalue weighted by Gasteiger charge is 2.29. The van der Waals surface area contributed by atoms with E-state index >= 15 is 0 Å². The second kappa shape index (κ2) is 25.4. The van der Waals surface area contributed by atoms with Crippen molar-refractivity contribution in [2.24, 2.45) is 11.7 Å². The van der Waals surface area contributed by atoms with Crippen molar-refractivity contribution in [1.29, 1.82) is 0 Å². The molecule has 63 heavy (non-hydrogen) atoms. The Bertz CT molecular complexity index is 1940. The molecule has 1 heterocycles. The number of halogens is 4. The van der Waals surface area contributed by atoms with E-state index in [1.807, 2.05) is 0 Å². The monoisotopic (exact) mass is 902 g/mol. The van der Waals surface area contributed by atoms with Crippen molar-refractivity contribution in [3.63, 3.8) is 0 Å². The third-order valence-corrected chi connectivity index (χ3v) is 8.38. The summed E-state index contributed by atoms with van der Waals surface area (Å²) in [5, 5.41) is 47.4. The minimum Gasteiger partial charge on any atom is -0.451 e. The highest BCUT2D eigenvalue weighted by atomic mass is 19.2. The number of amides is 8. The molecule has 0 spiro atoms. The lowest BCUT2D eigenvalue weighted by atomic mass is 10.0. The Morgan fingerprint density at radius 2 is 1.14 bits per heavy atom. The molecule has 6 atom stereocenters. The standard InChI is InChI=1S/C37H50F4N10O12/c1-16(2)9-21(33(42)58)49-34(59)17(3)46-37(62)24(15-53)48-27(57)13-44-25(55)11-43-26(56)12-45-35(60)23(14-52)50-36(61)22(47-18(4)54)10-19-5-7-20(8-6-19)63-30-28(38)31(40)51-32(41)29(30)39/h5-8,16-18,21-24,47,52-54H,9-15H2,1-4H3,(H2,42,58)(H,43,56)(H,44,55)(H,45,60)(H,46,62)(H,48,57)(H,49,59)(H,50,61)/t17?,18?,21-,22+,23?,24?/m0/s1. The minimum absolute atomic E-state index is 0.0125. The topological polar surface area (TPSA) is 342 Å². The van der Waals surface area contributed by atoms with Gasteiger partial charge in [-0.2, -0.15) is 22.5 Å². The summed E-state index contributed by atoms with van der Waals surface area (Å²) in [6.45, 7) is 2.16. The number of hydrogen-bond acceptors (Lipinski definition) is 14. The van der Waals surface area contributed by atoms with E-state index < -0.39 is 146 Å². The number of nitrogens with two attached hydrogens (primary N) is 1. The minimum atomic E-state index is -1.93.